The Morgan fingerprint density at radius 3 is 2.38 bits per heavy atom. The Labute approximate surface area is 95.6 Å². The van der Waals surface area contributed by atoms with Crippen molar-refractivity contribution < 1.29 is 14.7 Å². The topological polar surface area (TPSA) is 57.6 Å². The summed E-state index contributed by atoms with van der Waals surface area (Å²) in [6.45, 7) is 3.59. The van der Waals surface area contributed by atoms with Gasteiger partial charge in [-0.05, 0) is 12.8 Å². The zero-order valence-corrected chi connectivity index (χ0v) is 9.90. The van der Waals surface area contributed by atoms with E-state index >= 15 is 0 Å². The van der Waals surface area contributed by atoms with E-state index in [1.165, 1.54) is 4.90 Å². The first kappa shape index (κ1) is 11.6. The quantitative estimate of drug-likeness (QED) is 0.679. The van der Waals surface area contributed by atoms with Gasteiger partial charge in [0.2, 0.25) is 11.8 Å². The summed E-state index contributed by atoms with van der Waals surface area (Å²) < 4.78 is 0. The Hall–Kier alpha value is -0.900. The summed E-state index contributed by atoms with van der Waals surface area (Å²) in [6, 6.07) is -0.282. The number of aliphatic hydroxyl groups is 1. The van der Waals surface area contributed by atoms with Crippen molar-refractivity contribution in [3.05, 3.63) is 0 Å². The first-order valence-electron chi connectivity index (χ1n) is 5.98. The maximum absolute atomic E-state index is 12.1. The van der Waals surface area contributed by atoms with Crippen LogP contribution in [0.1, 0.15) is 46.0 Å². The van der Waals surface area contributed by atoms with Crippen molar-refractivity contribution in [3.63, 3.8) is 0 Å². The van der Waals surface area contributed by atoms with Gasteiger partial charge in [0.25, 0.3) is 0 Å². The molecule has 16 heavy (non-hydrogen) atoms. The maximum Gasteiger partial charge on any atom is 0.235 e. The number of hydrogen-bond acceptors (Lipinski definition) is 3. The largest absolute Gasteiger partial charge is 0.391 e. The predicted octanol–water partition coefficient (Wildman–Crippen LogP) is 1.07. The van der Waals surface area contributed by atoms with Crippen LogP contribution in [0.4, 0.5) is 0 Å². The minimum atomic E-state index is -0.589. The van der Waals surface area contributed by atoms with E-state index in [4.69, 9.17) is 0 Å². The molecule has 1 heterocycles. The number of carbonyl (C=O) groups excluding carboxylic acids is 2. The van der Waals surface area contributed by atoms with E-state index < -0.39 is 11.5 Å². The van der Waals surface area contributed by atoms with Crippen LogP contribution in [0.3, 0.4) is 0 Å². The predicted molar refractivity (Wildman–Crippen MR) is 58.5 cm³/mol. The lowest BCUT2D eigenvalue weighted by Crippen LogP contribution is -2.49. The summed E-state index contributed by atoms with van der Waals surface area (Å²) in [6.07, 6.45) is 3.15. The minimum absolute atomic E-state index is 0.122. The van der Waals surface area contributed by atoms with E-state index in [2.05, 4.69) is 0 Å². The second kappa shape index (κ2) is 3.84. The molecule has 1 aliphatic heterocycles. The number of likely N-dealkylation sites (tertiary alicyclic amines) is 1. The summed E-state index contributed by atoms with van der Waals surface area (Å²) in [5, 5.41) is 9.89. The smallest absolute Gasteiger partial charge is 0.235 e. The first-order valence-corrected chi connectivity index (χ1v) is 5.98. The van der Waals surface area contributed by atoms with Crippen molar-refractivity contribution in [3.8, 4) is 0 Å². The second-order valence-corrected chi connectivity index (χ2v) is 5.55. The number of hydrogen-bond donors (Lipinski definition) is 1. The van der Waals surface area contributed by atoms with Crippen LogP contribution in [0.25, 0.3) is 0 Å². The van der Waals surface area contributed by atoms with E-state index in [0.717, 1.165) is 19.3 Å². The van der Waals surface area contributed by atoms with Crippen LogP contribution < -0.4 is 0 Å². The van der Waals surface area contributed by atoms with E-state index in [-0.39, 0.29) is 24.3 Å². The van der Waals surface area contributed by atoms with Gasteiger partial charge in [-0.3, -0.25) is 14.5 Å². The van der Waals surface area contributed by atoms with Gasteiger partial charge in [0.1, 0.15) is 0 Å². The monoisotopic (exact) mass is 225 g/mol. The third-order valence-corrected chi connectivity index (χ3v) is 3.69. The van der Waals surface area contributed by atoms with Gasteiger partial charge in [-0.15, -0.1) is 0 Å². The molecule has 2 amide bonds. The average Bonchev–Trinajstić information content (AvgIpc) is 2.39. The van der Waals surface area contributed by atoms with Crippen LogP contribution in [0, 0.1) is 5.41 Å². The summed E-state index contributed by atoms with van der Waals surface area (Å²) in [5.74, 6) is -0.246. The molecule has 2 unspecified atom stereocenters. The third kappa shape index (κ3) is 1.75. The molecule has 1 aliphatic carbocycles. The lowest BCUT2D eigenvalue weighted by Gasteiger charge is -2.34. The molecule has 4 heteroatoms. The van der Waals surface area contributed by atoms with Gasteiger partial charge in [0.05, 0.1) is 17.6 Å². The minimum Gasteiger partial charge on any atom is -0.391 e. The lowest BCUT2D eigenvalue weighted by molar-refractivity contribution is -0.147. The van der Waals surface area contributed by atoms with Gasteiger partial charge < -0.3 is 5.11 Å². The molecule has 2 aliphatic rings. The van der Waals surface area contributed by atoms with Gasteiger partial charge in [-0.25, -0.2) is 0 Å². The van der Waals surface area contributed by atoms with E-state index in [0.29, 0.717) is 6.42 Å². The highest BCUT2D eigenvalue weighted by atomic mass is 16.3. The standard InChI is InChI=1S/C12H19NO3/c1-12(2)7-10(15)13(11(12)16)8-5-3-4-6-9(8)14/h8-9,14H,3-7H2,1-2H3. The summed E-state index contributed by atoms with van der Waals surface area (Å²) >= 11 is 0. The van der Waals surface area contributed by atoms with E-state index in [9.17, 15) is 14.7 Å². The van der Waals surface area contributed by atoms with Crippen LogP contribution in [-0.2, 0) is 9.59 Å². The van der Waals surface area contributed by atoms with Gasteiger partial charge in [-0.1, -0.05) is 26.7 Å². The number of carbonyl (C=O) groups is 2. The SMILES string of the molecule is CC1(C)CC(=O)N(C2CCCCC2O)C1=O. The Bertz CT molecular complexity index is 324. The van der Waals surface area contributed by atoms with Crippen molar-refractivity contribution in [1.82, 2.24) is 4.90 Å². The number of imide groups is 1. The van der Waals surface area contributed by atoms with Crippen molar-refractivity contribution in [2.24, 2.45) is 5.41 Å². The summed E-state index contributed by atoms with van der Waals surface area (Å²) in [4.78, 5) is 25.2. The van der Waals surface area contributed by atoms with Crippen molar-refractivity contribution in [1.29, 1.82) is 0 Å². The first-order chi connectivity index (χ1) is 7.43. The molecule has 4 nitrogen and oxygen atoms in total. The molecule has 1 saturated heterocycles. The molecule has 0 bridgehead atoms. The molecule has 2 fully saturated rings. The van der Waals surface area contributed by atoms with Crippen molar-refractivity contribution >= 4 is 11.8 Å². The highest BCUT2D eigenvalue weighted by Crippen LogP contribution is 2.36. The Morgan fingerprint density at radius 2 is 1.88 bits per heavy atom. The second-order valence-electron chi connectivity index (χ2n) is 5.55. The fraction of sp³-hybridized carbons (Fsp3) is 0.833. The normalized spacial score (nSPS) is 34.6. The molecular formula is C12H19NO3. The number of amides is 2. The van der Waals surface area contributed by atoms with Gasteiger partial charge in [0, 0.05) is 6.42 Å². The molecule has 2 atom stereocenters. The molecule has 0 aromatic rings. The van der Waals surface area contributed by atoms with Crippen LogP contribution in [-0.4, -0.2) is 34.0 Å². The zero-order chi connectivity index (χ0) is 11.9. The van der Waals surface area contributed by atoms with Crippen molar-refractivity contribution in [2.45, 2.75) is 58.1 Å². The van der Waals surface area contributed by atoms with Crippen LogP contribution in [0.2, 0.25) is 0 Å². The molecule has 0 aromatic carbocycles. The Kier molecular flexibility index (Phi) is 2.78. The fourth-order valence-electron chi connectivity index (χ4n) is 2.71. The Morgan fingerprint density at radius 1 is 1.25 bits per heavy atom. The van der Waals surface area contributed by atoms with E-state index in [1.807, 2.05) is 0 Å². The molecule has 1 N–H and O–H groups in total. The molecule has 0 spiro atoms. The molecule has 90 valence electrons. The fourth-order valence-corrected chi connectivity index (χ4v) is 2.71. The highest BCUT2D eigenvalue weighted by molar-refractivity contribution is 6.05. The zero-order valence-electron chi connectivity index (χ0n) is 9.90. The number of rotatable bonds is 1. The third-order valence-electron chi connectivity index (χ3n) is 3.69. The van der Waals surface area contributed by atoms with Gasteiger partial charge >= 0.3 is 0 Å². The summed E-state index contributed by atoms with van der Waals surface area (Å²) in [5.41, 5.74) is -0.589. The molecule has 0 radical (unpaired) electrons. The lowest BCUT2D eigenvalue weighted by atomic mass is 9.90. The van der Waals surface area contributed by atoms with Crippen molar-refractivity contribution in [2.75, 3.05) is 0 Å². The Balaban J connectivity index is 2.20. The number of nitrogens with zero attached hydrogens (tertiary/aromatic N) is 1. The number of aliphatic hydroxyl groups excluding tert-OH is 1. The van der Waals surface area contributed by atoms with Gasteiger partial charge in [0.15, 0.2) is 0 Å². The molecule has 2 rings (SSSR count). The average molecular weight is 225 g/mol. The van der Waals surface area contributed by atoms with Gasteiger partial charge in [-0.2, -0.15) is 0 Å². The van der Waals surface area contributed by atoms with Crippen LogP contribution in [0.15, 0.2) is 0 Å². The summed E-state index contributed by atoms with van der Waals surface area (Å²) in [7, 11) is 0. The van der Waals surface area contributed by atoms with E-state index in [1.54, 1.807) is 13.8 Å². The molecule has 0 aromatic heterocycles. The highest BCUT2D eigenvalue weighted by Gasteiger charge is 2.49. The maximum atomic E-state index is 12.1. The molecular weight excluding hydrogens is 206 g/mol. The van der Waals surface area contributed by atoms with Crippen LogP contribution >= 0.6 is 0 Å². The molecule has 1 saturated carbocycles. The van der Waals surface area contributed by atoms with Crippen LogP contribution in [0.5, 0.6) is 0 Å².